The van der Waals surface area contributed by atoms with Crippen LogP contribution >= 0.6 is 15.9 Å². The summed E-state index contributed by atoms with van der Waals surface area (Å²) < 4.78 is 13.9. The summed E-state index contributed by atoms with van der Waals surface area (Å²) in [6.07, 6.45) is 3.06. The Hall–Kier alpha value is -1.82. The van der Waals surface area contributed by atoms with Crippen LogP contribution in [0.1, 0.15) is 0 Å². The molecule has 0 fully saturated rings. The van der Waals surface area contributed by atoms with Gasteiger partial charge in [-0.25, -0.2) is 19.3 Å². The van der Waals surface area contributed by atoms with E-state index in [-0.39, 0.29) is 5.82 Å². The number of benzene rings is 1. The maximum absolute atomic E-state index is 13.3. The second-order valence-electron chi connectivity index (χ2n) is 3.50. The van der Waals surface area contributed by atoms with Crippen LogP contribution in [0.15, 0.2) is 35.2 Å². The predicted octanol–water partition coefficient (Wildman–Crippen LogP) is 2.92. The molecule has 0 atom stereocenters. The van der Waals surface area contributed by atoms with Gasteiger partial charge in [-0.3, -0.25) is 0 Å². The molecule has 0 aliphatic heterocycles. The lowest BCUT2D eigenvalue weighted by molar-refractivity contribution is 0.627. The third-order valence-electron chi connectivity index (χ3n) is 2.30. The molecule has 3 aromatic rings. The van der Waals surface area contributed by atoms with Gasteiger partial charge >= 0.3 is 0 Å². The van der Waals surface area contributed by atoms with Crippen molar-refractivity contribution in [3.05, 3.63) is 41.0 Å². The molecule has 6 heteroatoms. The van der Waals surface area contributed by atoms with Gasteiger partial charge in [-0.2, -0.15) is 0 Å². The van der Waals surface area contributed by atoms with Gasteiger partial charge in [0.25, 0.3) is 0 Å². The number of aromatic nitrogens is 4. The molecule has 0 spiro atoms. The average Bonchev–Trinajstić information content (AvgIpc) is 2.71. The first-order valence-electron chi connectivity index (χ1n) is 4.84. The van der Waals surface area contributed by atoms with Crippen molar-refractivity contribution in [2.75, 3.05) is 0 Å². The van der Waals surface area contributed by atoms with E-state index < -0.39 is 0 Å². The van der Waals surface area contributed by atoms with Crippen LogP contribution in [0.3, 0.4) is 0 Å². The fourth-order valence-electron chi connectivity index (χ4n) is 1.59. The molecule has 0 radical (unpaired) electrons. The number of H-pyrrole nitrogens is 1. The molecule has 0 aliphatic carbocycles. The third-order valence-corrected chi connectivity index (χ3v) is 2.76. The molecule has 4 nitrogen and oxygen atoms in total. The number of imidazole rings is 1. The molecule has 0 saturated heterocycles. The van der Waals surface area contributed by atoms with Crippen LogP contribution in [0, 0.1) is 5.82 Å². The number of nitrogens with zero attached hydrogens (tertiary/aromatic N) is 3. The number of hydrogen-bond acceptors (Lipinski definition) is 3. The number of fused-ring (bicyclic) bond motifs is 1. The van der Waals surface area contributed by atoms with Crippen molar-refractivity contribution in [2.45, 2.75) is 0 Å². The predicted molar refractivity (Wildman–Crippen MR) is 64.8 cm³/mol. The van der Waals surface area contributed by atoms with Crippen molar-refractivity contribution in [1.82, 2.24) is 19.9 Å². The van der Waals surface area contributed by atoms with Crippen molar-refractivity contribution in [3.8, 4) is 11.4 Å². The topological polar surface area (TPSA) is 54.5 Å². The van der Waals surface area contributed by atoms with Gasteiger partial charge in [0.15, 0.2) is 5.65 Å². The summed E-state index contributed by atoms with van der Waals surface area (Å²) in [5.41, 5.74) is 1.95. The third kappa shape index (κ3) is 1.91. The minimum atomic E-state index is -0.319. The number of nitrogens with one attached hydrogen (secondary N) is 1. The van der Waals surface area contributed by atoms with Crippen LogP contribution in [0.25, 0.3) is 22.6 Å². The molecular weight excluding hydrogens is 287 g/mol. The number of rotatable bonds is 1. The van der Waals surface area contributed by atoms with Crippen LogP contribution in [0.4, 0.5) is 4.39 Å². The summed E-state index contributed by atoms with van der Waals surface area (Å²) in [6, 6.07) is 4.59. The highest BCUT2D eigenvalue weighted by Crippen LogP contribution is 2.23. The van der Waals surface area contributed by atoms with Gasteiger partial charge in [0, 0.05) is 10.0 Å². The zero-order chi connectivity index (χ0) is 11.8. The molecule has 0 aliphatic rings. The molecule has 1 N–H and O–H groups in total. The lowest BCUT2D eigenvalue weighted by atomic mass is 10.2. The van der Waals surface area contributed by atoms with Gasteiger partial charge < -0.3 is 4.98 Å². The molecule has 0 amide bonds. The van der Waals surface area contributed by atoms with E-state index >= 15 is 0 Å². The van der Waals surface area contributed by atoms with Crippen LogP contribution < -0.4 is 0 Å². The first-order valence-corrected chi connectivity index (χ1v) is 5.64. The summed E-state index contributed by atoms with van der Waals surface area (Å²) in [4.78, 5) is 15.2. The van der Waals surface area contributed by atoms with E-state index in [1.54, 1.807) is 12.3 Å². The molecule has 1 aromatic carbocycles. The highest BCUT2D eigenvalue weighted by atomic mass is 79.9. The van der Waals surface area contributed by atoms with Gasteiger partial charge in [-0.15, -0.1) is 0 Å². The lowest BCUT2D eigenvalue weighted by Gasteiger charge is -1.98. The van der Waals surface area contributed by atoms with Crippen molar-refractivity contribution in [2.24, 2.45) is 0 Å². The minimum absolute atomic E-state index is 0.319. The Morgan fingerprint density at radius 1 is 1.24 bits per heavy atom. The van der Waals surface area contributed by atoms with Crippen molar-refractivity contribution in [1.29, 1.82) is 0 Å². The van der Waals surface area contributed by atoms with E-state index in [0.29, 0.717) is 21.5 Å². The van der Waals surface area contributed by atoms with Crippen LogP contribution in [-0.2, 0) is 0 Å². The zero-order valence-corrected chi connectivity index (χ0v) is 10.1. The first kappa shape index (κ1) is 10.3. The number of aromatic amines is 1. The fraction of sp³-hybridized carbons (Fsp3) is 0. The van der Waals surface area contributed by atoms with Crippen LogP contribution in [-0.4, -0.2) is 19.9 Å². The van der Waals surface area contributed by atoms with E-state index in [0.717, 1.165) is 5.52 Å². The Kier molecular flexibility index (Phi) is 2.36. The largest absolute Gasteiger partial charge is 0.335 e. The van der Waals surface area contributed by atoms with E-state index in [1.165, 1.54) is 18.5 Å². The monoisotopic (exact) mass is 292 g/mol. The normalized spacial score (nSPS) is 10.9. The maximum Gasteiger partial charge on any atom is 0.181 e. The summed E-state index contributed by atoms with van der Waals surface area (Å²) in [5, 5.41) is 0. The Labute approximate surface area is 104 Å². The number of hydrogen-bond donors (Lipinski definition) is 1. The van der Waals surface area contributed by atoms with Crippen molar-refractivity contribution < 1.29 is 4.39 Å². The summed E-state index contributed by atoms with van der Waals surface area (Å²) >= 11 is 3.24. The molecule has 17 heavy (non-hydrogen) atoms. The second kappa shape index (κ2) is 3.89. The second-order valence-corrected chi connectivity index (χ2v) is 4.42. The van der Waals surface area contributed by atoms with E-state index in [9.17, 15) is 4.39 Å². The summed E-state index contributed by atoms with van der Waals surface area (Å²) in [6.45, 7) is 0. The fourth-order valence-corrected chi connectivity index (χ4v) is 2.05. The average molecular weight is 293 g/mol. The SMILES string of the molecule is Fc1cc(Br)cc(-c2nc3ncncc3[nH]2)c1. The van der Waals surface area contributed by atoms with Crippen LogP contribution in [0.2, 0.25) is 0 Å². The maximum atomic E-state index is 13.3. The van der Waals surface area contributed by atoms with Gasteiger partial charge in [0.05, 0.1) is 6.20 Å². The van der Waals surface area contributed by atoms with Crippen LogP contribution in [0.5, 0.6) is 0 Å². The van der Waals surface area contributed by atoms with Crippen molar-refractivity contribution in [3.63, 3.8) is 0 Å². The molecule has 0 bridgehead atoms. The van der Waals surface area contributed by atoms with E-state index in [4.69, 9.17) is 0 Å². The van der Waals surface area contributed by atoms with Gasteiger partial charge in [0.1, 0.15) is 23.5 Å². The molecule has 2 aromatic heterocycles. The zero-order valence-electron chi connectivity index (χ0n) is 8.48. The standard InChI is InChI=1S/C11H6BrFN4/c12-7-1-6(2-8(13)3-7)10-16-9-4-14-5-15-11(9)17-10/h1-5H,(H,14,15,16,17). The Morgan fingerprint density at radius 3 is 2.88 bits per heavy atom. The smallest absolute Gasteiger partial charge is 0.181 e. The van der Waals surface area contributed by atoms with Gasteiger partial charge in [-0.05, 0) is 18.2 Å². The summed E-state index contributed by atoms with van der Waals surface area (Å²) in [5.74, 6) is 0.251. The Morgan fingerprint density at radius 2 is 2.12 bits per heavy atom. The molecule has 0 unspecified atom stereocenters. The highest BCUT2D eigenvalue weighted by Gasteiger charge is 2.07. The minimum Gasteiger partial charge on any atom is -0.335 e. The van der Waals surface area contributed by atoms with Gasteiger partial charge in [-0.1, -0.05) is 15.9 Å². The summed E-state index contributed by atoms with van der Waals surface area (Å²) in [7, 11) is 0. The van der Waals surface area contributed by atoms with Crippen molar-refractivity contribution >= 4 is 27.1 Å². The van der Waals surface area contributed by atoms with Gasteiger partial charge in [0.2, 0.25) is 0 Å². The molecule has 0 saturated carbocycles. The lowest BCUT2D eigenvalue weighted by Crippen LogP contribution is -1.83. The molecular formula is C11H6BrFN4. The quantitative estimate of drug-likeness (QED) is 0.750. The Bertz CT molecular complexity index is 642. The highest BCUT2D eigenvalue weighted by molar-refractivity contribution is 9.10. The molecule has 84 valence electrons. The Balaban J connectivity index is 2.20. The molecule has 2 heterocycles. The van der Waals surface area contributed by atoms with E-state index in [2.05, 4.69) is 35.9 Å². The van der Waals surface area contributed by atoms with E-state index in [1.807, 2.05) is 0 Å². The first-order chi connectivity index (χ1) is 8.22. The number of halogens is 2. The molecule has 3 rings (SSSR count).